The quantitative estimate of drug-likeness (QED) is 0.704. The standard InChI is InChI=1S/C21H32N4S/c1-23(2)21-22-15-20(26-21)17-24(3)19-12-8-14-25(16-19)13-7-11-18-9-5-4-6-10-18/h4-6,9-10,15,19H,7-8,11-14,16-17H2,1-3H3/t19-/m0/s1. The molecule has 142 valence electrons. The second kappa shape index (κ2) is 9.49. The molecule has 4 nitrogen and oxygen atoms in total. The Labute approximate surface area is 162 Å². The van der Waals surface area contributed by atoms with Gasteiger partial charge >= 0.3 is 0 Å². The molecule has 1 atom stereocenters. The predicted octanol–water partition coefficient (Wildman–Crippen LogP) is 3.74. The van der Waals surface area contributed by atoms with Crippen molar-refractivity contribution in [3.8, 4) is 0 Å². The van der Waals surface area contributed by atoms with Gasteiger partial charge in [-0.2, -0.15) is 0 Å². The van der Waals surface area contributed by atoms with Gasteiger partial charge in [0.2, 0.25) is 0 Å². The number of aromatic nitrogens is 1. The van der Waals surface area contributed by atoms with Crippen molar-refractivity contribution in [3.05, 3.63) is 47.0 Å². The van der Waals surface area contributed by atoms with Crippen molar-refractivity contribution >= 4 is 16.5 Å². The summed E-state index contributed by atoms with van der Waals surface area (Å²) in [6.45, 7) is 4.67. The summed E-state index contributed by atoms with van der Waals surface area (Å²) in [6.07, 6.45) is 7.10. The Balaban J connectivity index is 1.44. The fraction of sp³-hybridized carbons (Fsp3) is 0.571. The Hall–Kier alpha value is -1.43. The molecule has 0 saturated carbocycles. The number of anilines is 1. The minimum absolute atomic E-state index is 0.658. The molecule has 1 aliphatic heterocycles. The molecule has 1 aromatic carbocycles. The SMILES string of the molecule is CN(C)c1ncc(CN(C)[C@H]2CCCN(CCCc3ccccc3)C2)s1. The van der Waals surface area contributed by atoms with Crippen LogP contribution in [0.2, 0.25) is 0 Å². The van der Waals surface area contributed by atoms with Crippen molar-refractivity contribution in [2.24, 2.45) is 0 Å². The zero-order valence-electron chi connectivity index (χ0n) is 16.4. The molecule has 1 saturated heterocycles. The van der Waals surface area contributed by atoms with E-state index in [0.29, 0.717) is 6.04 Å². The molecule has 0 N–H and O–H groups in total. The highest BCUT2D eigenvalue weighted by Crippen LogP contribution is 2.23. The average Bonchev–Trinajstić information content (AvgIpc) is 3.12. The maximum atomic E-state index is 4.51. The van der Waals surface area contributed by atoms with Gasteiger partial charge in [0.15, 0.2) is 5.13 Å². The summed E-state index contributed by atoms with van der Waals surface area (Å²) in [5.74, 6) is 0. The van der Waals surface area contributed by atoms with E-state index in [-0.39, 0.29) is 0 Å². The number of hydrogen-bond acceptors (Lipinski definition) is 5. The summed E-state index contributed by atoms with van der Waals surface area (Å²) in [5, 5.41) is 1.10. The van der Waals surface area contributed by atoms with Gasteiger partial charge in [0.1, 0.15) is 0 Å². The van der Waals surface area contributed by atoms with E-state index in [1.807, 2.05) is 6.20 Å². The molecule has 0 amide bonds. The maximum absolute atomic E-state index is 4.51. The smallest absolute Gasteiger partial charge is 0.185 e. The minimum Gasteiger partial charge on any atom is -0.354 e. The molecule has 1 aromatic heterocycles. The second-order valence-corrected chi connectivity index (χ2v) is 8.70. The van der Waals surface area contributed by atoms with E-state index in [2.05, 4.69) is 71.2 Å². The van der Waals surface area contributed by atoms with Crippen LogP contribution >= 0.6 is 11.3 Å². The first-order chi connectivity index (χ1) is 12.6. The molecular formula is C21H32N4S. The number of likely N-dealkylation sites (N-methyl/N-ethyl adjacent to an activating group) is 1. The zero-order valence-corrected chi connectivity index (χ0v) is 17.2. The topological polar surface area (TPSA) is 22.6 Å². The van der Waals surface area contributed by atoms with Gasteiger partial charge in [0.05, 0.1) is 0 Å². The first-order valence-electron chi connectivity index (χ1n) is 9.70. The van der Waals surface area contributed by atoms with Crippen LogP contribution in [0.1, 0.15) is 29.7 Å². The molecule has 0 spiro atoms. The van der Waals surface area contributed by atoms with Crippen molar-refractivity contribution in [1.82, 2.24) is 14.8 Å². The number of piperidine rings is 1. The Morgan fingerprint density at radius 2 is 2.00 bits per heavy atom. The number of nitrogens with zero attached hydrogens (tertiary/aromatic N) is 4. The number of aryl methyl sites for hydroxylation is 1. The summed E-state index contributed by atoms with van der Waals surface area (Å²) in [4.78, 5) is 13.1. The Bertz CT molecular complexity index is 655. The number of rotatable bonds is 8. The van der Waals surface area contributed by atoms with Crippen LogP contribution in [0, 0.1) is 0 Å². The van der Waals surface area contributed by atoms with Crippen molar-refractivity contribution < 1.29 is 0 Å². The van der Waals surface area contributed by atoms with Gasteiger partial charge in [-0.3, -0.25) is 4.90 Å². The van der Waals surface area contributed by atoms with Crippen LogP contribution in [-0.4, -0.2) is 61.6 Å². The second-order valence-electron chi connectivity index (χ2n) is 7.60. The highest BCUT2D eigenvalue weighted by molar-refractivity contribution is 7.15. The summed E-state index contributed by atoms with van der Waals surface area (Å²) >= 11 is 1.81. The molecule has 0 unspecified atom stereocenters. The first kappa shape index (κ1) is 19.3. The van der Waals surface area contributed by atoms with E-state index in [1.165, 1.54) is 55.8 Å². The highest BCUT2D eigenvalue weighted by Gasteiger charge is 2.23. The summed E-state index contributed by atoms with van der Waals surface area (Å²) in [6, 6.07) is 11.5. The Kier molecular flexibility index (Phi) is 7.06. The number of hydrogen-bond donors (Lipinski definition) is 0. The van der Waals surface area contributed by atoms with Crippen molar-refractivity contribution in [2.75, 3.05) is 45.7 Å². The molecule has 1 aliphatic rings. The van der Waals surface area contributed by atoms with Gasteiger partial charge in [-0.1, -0.05) is 30.3 Å². The normalized spacial score (nSPS) is 18.4. The van der Waals surface area contributed by atoms with Crippen LogP contribution < -0.4 is 4.90 Å². The van der Waals surface area contributed by atoms with Crippen molar-refractivity contribution in [2.45, 2.75) is 38.3 Å². The lowest BCUT2D eigenvalue weighted by atomic mass is 10.0. The molecule has 2 aromatic rings. The summed E-state index contributed by atoms with van der Waals surface area (Å²) in [7, 11) is 6.38. The van der Waals surface area contributed by atoms with Crippen LogP contribution in [0.5, 0.6) is 0 Å². The van der Waals surface area contributed by atoms with Gasteiger partial charge in [-0.15, -0.1) is 11.3 Å². The Morgan fingerprint density at radius 3 is 2.73 bits per heavy atom. The van der Waals surface area contributed by atoms with E-state index in [9.17, 15) is 0 Å². The molecular weight excluding hydrogens is 340 g/mol. The number of benzene rings is 1. The van der Waals surface area contributed by atoms with Crippen LogP contribution in [0.4, 0.5) is 5.13 Å². The highest BCUT2D eigenvalue weighted by atomic mass is 32.1. The van der Waals surface area contributed by atoms with Gasteiger partial charge in [0.25, 0.3) is 0 Å². The molecule has 0 aliphatic carbocycles. The van der Waals surface area contributed by atoms with Crippen LogP contribution in [0.25, 0.3) is 0 Å². The number of thiazole rings is 1. The maximum Gasteiger partial charge on any atom is 0.185 e. The fourth-order valence-corrected chi connectivity index (χ4v) is 4.59. The van der Waals surface area contributed by atoms with Gasteiger partial charge < -0.3 is 9.80 Å². The average molecular weight is 373 g/mol. The molecule has 3 rings (SSSR count). The monoisotopic (exact) mass is 372 g/mol. The fourth-order valence-electron chi connectivity index (χ4n) is 3.70. The van der Waals surface area contributed by atoms with Crippen LogP contribution in [-0.2, 0) is 13.0 Å². The predicted molar refractivity (Wildman–Crippen MR) is 112 cm³/mol. The number of likely N-dealkylation sites (tertiary alicyclic amines) is 1. The largest absolute Gasteiger partial charge is 0.354 e. The third-order valence-corrected chi connectivity index (χ3v) is 6.37. The van der Waals surface area contributed by atoms with Crippen molar-refractivity contribution in [3.63, 3.8) is 0 Å². The van der Waals surface area contributed by atoms with Crippen molar-refractivity contribution in [1.29, 1.82) is 0 Å². The van der Waals surface area contributed by atoms with E-state index < -0.39 is 0 Å². The first-order valence-corrected chi connectivity index (χ1v) is 10.5. The van der Waals surface area contributed by atoms with Gasteiger partial charge in [0, 0.05) is 44.3 Å². The Morgan fingerprint density at radius 1 is 1.19 bits per heavy atom. The lowest BCUT2D eigenvalue weighted by Crippen LogP contribution is -2.46. The molecule has 26 heavy (non-hydrogen) atoms. The molecule has 0 radical (unpaired) electrons. The summed E-state index contributed by atoms with van der Waals surface area (Å²) in [5.41, 5.74) is 1.46. The van der Waals surface area contributed by atoms with Gasteiger partial charge in [-0.25, -0.2) is 4.98 Å². The molecule has 0 bridgehead atoms. The third-order valence-electron chi connectivity index (χ3n) is 5.22. The van der Waals surface area contributed by atoms with E-state index in [0.717, 1.165) is 11.7 Å². The summed E-state index contributed by atoms with van der Waals surface area (Å²) < 4.78 is 0. The molecule has 1 fully saturated rings. The van der Waals surface area contributed by atoms with E-state index in [1.54, 1.807) is 11.3 Å². The molecule has 5 heteroatoms. The lowest BCUT2D eigenvalue weighted by molar-refractivity contribution is 0.111. The zero-order chi connectivity index (χ0) is 18.4. The van der Waals surface area contributed by atoms with Gasteiger partial charge in [-0.05, 0) is 51.4 Å². The van der Waals surface area contributed by atoms with E-state index >= 15 is 0 Å². The lowest BCUT2D eigenvalue weighted by Gasteiger charge is -2.37. The molecule has 2 heterocycles. The van der Waals surface area contributed by atoms with Crippen LogP contribution in [0.15, 0.2) is 36.5 Å². The van der Waals surface area contributed by atoms with E-state index in [4.69, 9.17) is 0 Å². The minimum atomic E-state index is 0.658. The van der Waals surface area contributed by atoms with Crippen LogP contribution in [0.3, 0.4) is 0 Å². The third kappa shape index (κ3) is 5.53.